The number of anilines is 3. The number of ketones is 1. The molecule has 312 valence electrons. The molecule has 6 amide bonds. The van der Waals surface area contributed by atoms with Gasteiger partial charge in [-0.3, -0.25) is 43.8 Å². The minimum absolute atomic E-state index is 0.000248. The van der Waals surface area contributed by atoms with E-state index in [9.17, 15) is 42.2 Å². The molecule has 1 fully saturated rings. The van der Waals surface area contributed by atoms with Crippen molar-refractivity contribution in [2.45, 2.75) is 50.3 Å². The van der Waals surface area contributed by atoms with Crippen molar-refractivity contribution in [3.63, 3.8) is 0 Å². The van der Waals surface area contributed by atoms with E-state index in [4.69, 9.17) is 4.74 Å². The molecule has 3 aromatic carbocycles. The number of methoxy groups -OCH3 is 1. The van der Waals surface area contributed by atoms with Crippen LogP contribution in [-0.2, 0) is 39.5 Å². The zero-order chi connectivity index (χ0) is 43.0. The van der Waals surface area contributed by atoms with E-state index in [1.54, 1.807) is 36.4 Å². The number of benzene rings is 3. The first kappa shape index (κ1) is 42.6. The molecule has 1 saturated heterocycles. The first-order chi connectivity index (χ1) is 28.7. The molecule has 2 atom stereocenters. The van der Waals surface area contributed by atoms with Gasteiger partial charge in [0.1, 0.15) is 29.7 Å². The van der Waals surface area contributed by atoms with Crippen LogP contribution in [0.3, 0.4) is 0 Å². The van der Waals surface area contributed by atoms with Gasteiger partial charge in [-0.15, -0.1) is 0 Å². The summed E-state index contributed by atoms with van der Waals surface area (Å²) >= 11 is 0. The molecule has 4 N–H and O–H groups in total. The Balaban J connectivity index is 0.923. The van der Waals surface area contributed by atoms with Gasteiger partial charge in [-0.2, -0.15) is 9.35 Å². The monoisotopic (exact) mass is 841 g/mol. The number of imide groups is 2. The molecule has 18 nitrogen and oxygen atoms in total. The van der Waals surface area contributed by atoms with Gasteiger partial charge in [0.15, 0.2) is 5.82 Å². The fourth-order valence-corrected chi connectivity index (χ4v) is 7.97. The third-order valence-corrected chi connectivity index (χ3v) is 10.8. The van der Waals surface area contributed by atoms with Gasteiger partial charge in [0.25, 0.3) is 17.7 Å². The molecular weight excluding hydrogens is 802 g/mol. The molecule has 20 heteroatoms. The molecule has 0 aliphatic carbocycles. The number of aromatic nitrogens is 3. The Bertz CT molecular complexity index is 2530. The van der Waals surface area contributed by atoms with Crippen molar-refractivity contribution in [1.29, 1.82) is 0 Å². The number of piperidine rings is 1. The summed E-state index contributed by atoms with van der Waals surface area (Å²) in [6.07, 6.45) is 1.93. The standard InChI is InChI=1S/C40H40FN9O9S/c1-59-31-20-24(41)9-12-27(31)36-44-22-45-40(48-36)46-25-6-3-5-23(19-25)21-60(2,58)49-34(54)15-11-26(51)10-14-32(52)43-18-17-42-29-8-4-7-28-35(29)39(57)50(38(28)56)30-13-16-33(53)47-37(30)55/h3-9,12,19-20,22,30,42H,10-11,13-18,21H2,1-2H3,(H,43,52)(H,47,53,55)(H,44,45,46,48). The third kappa shape index (κ3) is 10.6. The second kappa shape index (κ2) is 18.7. The van der Waals surface area contributed by atoms with Crippen molar-refractivity contribution in [3.8, 4) is 17.1 Å². The topological polar surface area (TPSA) is 248 Å². The van der Waals surface area contributed by atoms with Crippen LogP contribution in [-0.4, -0.2) is 97.8 Å². The van der Waals surface area contributed by atoms with Crippen molar-refractivity contribution >= 4 is 68.3 Å². The lowest BCUT2D eigenvalue weighted by Gasteiger charge is -2.27. The van der Waals surface area contributed by atoms with Gasteiger partial charge in [-0.25, -0.2) is 18.6 Å². The van der Waals surface area contributed by atoms with Gasteiger partial charge in [0.05, 0.1) is 39.3 Å². The largest absolute Gasteiger partial charge is 0.496 e. The summed E-state index contributed by atoms with van der Waals surface area (Å²) in [5.41, 5.74) is 2.15. The van der Waals surface area contributed by atoms with Crippen LogP contribution in [0.15, 0.2) is 71.4 Å². The molecule has 3 heterocycles. The molecule has 60 heavy (non-hydrogen) atoms. The number of nitrogens with zero attached hydrogens (tertiary/aromatic N) is 5. The summed E-state index contributed by atoms with van der Waals surface area (Å²) in [4.78, 5) is 101. The summed E-state index contributed by atoms with van der Waals surface area (Å²) in [6, 6.07) is 14.4. The van der Waals surface area contributed by atoms with E-state index in [-0.39, 0.29) is 91.8 Å². The molecule has 0 radical (unpaired) electrons. The first-order valence-electron chi connectivity index (χ1n) is 18.7. The van der Waals surface area contributed by atoms with Crippen molar-refractivity contribution in [1.82, 2.24) is 30.5 Å². The van der Waals surface area contributed by atoms with Crippen LogP contribution in [0.25, 0.3) is 11.4 Å². The average Bonchev–Trinajstić information content (AvgIpc) is 3.46. The molecule has 6 rings (SSSR count). The smallest absolute Gasteiger partial charge is 0.264 e. The fraction of sp³-hybridized carbons (Fsp3) is 0.300. The van der Waals surface area contributed by atoms with Crippen molar-refractivity contribution in [2.24, 2.45) is 4.36 Å². The summed E-state index contributed by atoms with van der Waals surface area (Å²) in [7, 11) is -1.63. The van der Waals surface area contributed by atoms with Crippen LogP contribution in [0.1, 0.15) is 64.8 Å². The number of hydrogen-bond acceptors (Lipinski definition) is 14. The molecule has 4 aromatic rings. The minimum atomic E-state index is -3.04. The van der Waals surface area contributed by atoms with Gasteiger partial charge < -0.3 is 20.7 Å². The Morgan fingerprint density at radius 2 is 1.73 bits per heavy atom. The minimum Gasteiger partial charge on any atom is -0.496 e. The number of Topliss-reactive ketones (excluding diaryl/α,β-unsaturated/α-hetero) is 1. The quantitative estimate of drug-likeness (QED) is 0.0880. The summed E-state index contributed by atoms with van der Waals surface area (Å²) < 4.78 is 36.1. The van der Waals surface area contributed by atoms with E-state index >= 15 is 0 Å². The lowest BCUT2D eigenvalue weighted by atomic mass is 10.0. The fourth-order valence-electron chi connectivity index (χ4n) is 6.58. The molecular formula is C40H40FN9O9S. The number of carbonyl (C=O) groups excluding carboxylic acids is 7. The van der Waals surface area contributed by atoms with Crippen molar-refractivity contribution in [3.05, 3.63) is 89.5 Å². The predicted octanol–water partition coefficient (Wildman–Crippen LogP) is 3.31. The van der Waals surface area contributed by atoms with Crippen LogP contribution in [0, 0.1) is 5.82 Å². The van der Waals surface area contributed by atoms with E-state index in [0.717, 1.165) is 4.90 Å². The maximum Gasteiger partial charge on any atom is 0.264 e. The van der Waals surface area contributed by atoms with Crippen LogP contribution in [0.2, 0.25) is 0 Å². The second-order valence-corrected chi connectivity index (χ2v) is 16.3. The lowest BCUT2D eigenvalue weighted by molar-refractivity contribution is -0.136. The third-order valence-electron chi connectivity index (χ3n) is 9.37. The highest BCUT2D eigenvalue weighted by Crippen LogP contribution is 2.32. The molecule has 2 unspecified atom stereocenters. The molecule has 2 aliphatic heterocycles. The number of carbonyl (C=O) groups is 7. The zero-order valence-electron chi connectivity index (χ0n) is 32.5. The van der Waals surface area contributed by atoms with Crippen LogP contribution in [0.5, 0.6) is 5.75 Å². The number of fused-ring (bicyclic) bond motifs is 1. The molecule has 0 saturated carbocycles. The van der Waals surface area contributed by atoms with Crippen molar-refractivity contribution < 1.29 is 46.9 Å². The molecule has 1 aromatic heterocycles. The van der Waals surface area contributed by atoms with E-state index in [0.29, 0.717) is 22.5 Å². The second-order valence-electron chi connectivity index (χ2n) is 13.9. The van der Waals surface area contributed by atoms with Gasteiger partial charge >= 0.3 is 0 Å². The predicted molar refractivity (Wildman–Crippen MR) is 215 cm³/mol. The Hall–Kier alpha value is -6.96. The zero-order valence-corrected chi connectivity index (χ0v) is 33.3. The average molecular weight is 842 g/mol. The number of halogens is 1. The summed E-state index contributed by atoms with van der Waals surface area (Å²) in [5, 5.41) is 10.9. The summed E-state index contributed by atoms with van der Waals surface area (Å²) in [6.45, 7) is 0.278. The highest BCUT2D eigenvalue weighted by molar-refractivity contribution is 7.92. The Morgan fingerprint density at radius 3 is 2.52 bits per heavy atom. The van der Waals surface area contributed by atoms with Gasteiger partial charge in [0, 0.05) is 68.9 Å². The highest BCUT2D eigenvalue weighted by Gasteiger charge is 2.45. The Kier molecular flexibility index (Phi) is 13.3. The van der Waals surface area contributed by atoms with E-state index < -0.39 is 57.0 Å². The molecule has 2 aliphatic rings. The normalized spacial score (nSPS) is 15.7. The van der Waals surface area contributed by atoms with E-state index in [1.807, 2.05) is 0 Å². The van der Waals surface area contributed by atoms with Gasteiger partial charge in [-0.1, -0.05) is 18.2 Å². The SMILES string of the molecule is COc1cc(F)ccc1-c1ncnc(Nc2cccc(CS(C)(=O)=NC(=O)CCC(=O)CCC(=O)NCCNc3cccc4c3C(=O)N(C3CCC(=O)NC3=O)C4=O)c2)n1. The maximum atomic E-state index is 13.7. The number of rotatable bonds is 17. The summed E-state index contributed by atoms with van der Waals surface area (Å²) in [5.74, 6) is -3.82. The Morgan fingerprint density at radius 1 is 0.950 bits per heavy atom. The van der Waals surface area contributed by atoms with Crippen LogP contribution >= 0.6 is 0 Å². The molecule has 0 bridgehead atoms. The van der Waals surface area contributed by atoms with Gasteiger partial charge in [-0.05, 0) is 48.4 Å². The van der Waals surface area contributed by atoms with Gasteiger partial charge in [0.2, 0.25) is 23.7 Å². The number of amides is 6. The first-order valence-corrected chi connectivity index (χ1v) is 20.8. The van der Waals surface area contributed by atoms with Crippen LogP contribution < -0.4 is 26.0 Å². The van der Waals surface area contributed by atoms with E-state index in [2.05, 4.69) is 40.6 Å². The number of hydrogen-bond donors (Lipinski definition) is 4. The van der Waals surface area contributed by atoms with Crippen molar-refractivity contribution in [2.75, 3.05) is 37.1 Å². The Labute approximate surface area is 343 Å². The van der Waals surface area contributed by atoms with E-state index in [1.165, 1.54) is 44.0 Å². The number of nitrogens with one attached hydrogen (secondary N) is 4. The highest BCUT2D eigenvalue weighted by atomic mass is 32.2. The van der Waals surface area contributed by atoms with Crippen LogP contribution in [0.4, 0.5) is 21.7 Å². The number of ether oxygens (including phenoxy) is 1. The maximum absolute atomic E-state index is 13.7. The molecule has 0 spiro atoms. The lowest BCUT2D eigenvalue weighted by Crippen LogP contribution is -2.54.